The second-order valence-electron chi connectivity index (χ2n) is 7.61. The van der Waals surface area contributed by atoms with Gasteiger partial charge in [-0.3, -0.25) is 10.3 Å². The molecule has 0 fully saturated rings. The molecule has 0 radical (unpaired) electrons. The van der Waals surface area contributed by atoms with Gasteiger partial charge in [-0.2, -0.15) is 0 Å². The van der Waals surface area contributed by atoms with Crippen LogP contribution in [-0.2, 0) is 0 Å². The third-order valence-electron chi connectivity index (χ3n) is 5.27. The first kappa shape index (κ1) is 19.9. The predicted octanol–water partition coefficient (Wildman–Crippen LogP) is 6.26. The Kier molecular flexibility index (Phi) is 6.56. The van der Waals surface area contributed by atoms with Crippen LogP contribution in [0.15, 0.2) is 53.5 Å². The van der Waals surface area contributed by atoms with Gasteiger partial charge in [0.1, 0.15) is 11.4 Å². The molecule has 3 rings (SSSR count). The topological polar surface area (TPSA) is 44.6 Å². The number of unbranched alkanes of at least 4 members (excludes halogenated alkanes) is 3. The third kappa shape index (κ3) is 5.12. The van der Waals surface area contributed by atoms with E-state index in [1.165, 1.54) is 19.3 Å². The van der Waals surface area contributed by atoms with Crippen molar-refractivity contribution in [2.24, 2.45) is 4.99 Å². The van der Waals surface area contributed by atoms with Crippen LogP contribution in [0.1, 0.15) is 69.5 Å². The van der Waals surface area contributed by atoms with Gasteiger partial charge in [-0.1, -0.05) is 68.1 Å². The Morgan fingerprint density at radius 1 is 1.11 bits per heavy atom. The number of halogens is 1. The van der Waals surface area contributed by atoms with Crippen LogP contribution in [0.25, 0.3) is 0 Å². The van der Waals surface area contributed by atoms with Crippen LogP contribution in [0.2, 0.25) is 5.02 Å². The normalized spacial score (nSPS) is 22.5. The van der Waals surface area contributed by atoms with Crippen LogP contribution in [0.5, 0.6) is 5.75 Å². The predicted molar refractivity (Wildman–Crippen MR) is 114 cm³/mol. The van der Waals surface area contributed by atoms with E-state index in [4.69, 9.17) is 16.6 Å². The summed E-state index contributed by atoms with van der Waals surface area (Å²) >= 11 is 6.06. The minimum atomic E-state index is -0.339. The number of hydrogen-bond acceptors (Lipinski definition) is 3. The fraction of sp³-hybridized carbons (Fsp3) is 0.435. The Hall–Kier alpha value is -1.84. The molecule has 144 valence electrons. The monoisotopic (exact) mass is 384 g/mol. The molecule has 2 atom stereocenters. The molecular weight excluding hydrogens is 356 g/mol. The summed E-state index contributed by atoms with van der Waals surface area (Å²) in [4.78, 5) is 5.10. The van der Waals surface area contributed by atoms with E-state index >= 15 is 0 Å². The van der Waals surface area contributed by atoms with Crippen molar-refractivity contribution in [3.05, 3.63) is 64.7 Å². The fourth-order valence-electron chi connectivity index (χ4n) is 3.81. The number of benzene rings is 2. The molecule has 2 aromatic rings. The molecule has 0 amide bonds. The molecule has 4 heteroatoms. The van der Waals surface area contributed by atoms with Gasteiger partial charge in [0.25, 0.3) is 0 Å². The number of phenolic OH excluding ortho intramolecular Hbond substituents is 1. The summed E-state index contributed by atoms with van der Waals surface area (Å²) in [6.07, 6.45) is 6.57. The van der Waals surface area contributed by atoms with Crippen LogP contribution < -0.4 is 5.32 Å². The van der Waals surface area contributed by atoms with Crippen molar-refractivity contribution >= 4 is 17.3 Å². The number of nitrogens with one attached hydrogen (secondary N) is 1. The number of hydrogen-bond donors (Lipinski definition) is 2. The number of aromatic hydroxyl groups is 1. The molecule has 0 aromatic heterocycles. The minimum Gasteiger partial charge on any atom is -0.508 e. The Morgan fingerprint density at radius 2 is 1.85 bits per heavy atom. The largest absolute Gasteiger partial charge is 0.508 e. The highest BCUT2D eigenvalue weighted by molar-refractivity contribution is 6.30. The number of rotatable bonds is 7. The summed E-state index contributed by atoms with van der Waals surface area (Å²) in [6.45, 7) is 4.40. The maximum Gasteiger partial charge on any atom is 0.120 e. The molecule has 1 aliphatic heterocycles. The van der Waals surface area contributed by atoms with Gasteiger partial charge in [0.05, 0.1) is 0 Å². The van der Waals surface area contributed by atoms with Crippen molar-refractivity contribution in [3.63, 3.8) is 0 Å². The second-order valence-corrected chi connectivity index (χ2v) is 8.05. The molecular formula is C23H29ClN2O. The molecule has 0 spiro atoms. The molecule has 0 saturated heterocycles. The van der Waals surface area contributed by atoms with Gasteiger partial charge in [-0.15, -0.1) is 0 Å². The Morgan fingerprint density at radius 3 is 2.56 bits per heavy atom. The van der Waals surface area contributed by atoms with Crippen LogP contribution in [0.3, 0.4) is 0 Å². The van der Waals surface area contributed by atoms with E-state index in [2.05, 4.69) is 19.2 Å². The van der Waals surface area contributed by atoms with E-state index in [0.29, 0.717) is 5.75 Å². The highest BCUT2D eigenvalue weighted by atomic mass is 35.5. The van der Waals surface area contributed by atoms with Crippen LogP contribution in [-0.4, -0.2) is 16.5 Å². The Bertz CT molecular complexity index is 787. The molecule has 0 saturated carbocycles. The summed E-state index contributed by atoms with van der Waals surface area (Å²) in [5, 5.41) is 14.8. The molecule has 3 nitrogen and oxygen atoms in total. The molecule has 0 bridgehead atoms. The minimum absolute atomic E-state index is 0.0329. The van der Waals surface area contributed by atoms with Crippen LogP contribution in [0, 0.1) is 0 Å². The van der Waals surface area contributed by atoms with Gasteiger partial charge in [0, 0.05) is 28.8 Å². The Balaban J connectivity index is 1.90. The van der Waals surface area contributed by atoms with E-state index in [1.807, 2.05) is 42.5 Å². The molecule has 27 heavy (non-hydrogen) atoms. The quantitative estimate of drug-likeness (QED) is 0.553. The van der Waals surface area contributed by atoms with Crippen molar-refractivity contribution in [2.45, 2.75) is 64.1 Å². The zero-order valence-electron chi connectivity index (χ0n) is 16.2. The molecule has 1 aliphatic rings. The van der Waals surface area contributed by atoms with E-state index in [9.17, 15) is 5.11 Å². The van der Waals surface area contributed by atoms with Crippen molar-refractivity contribution in [1.29, 1.82) is 0 Å². The molecule has 0 aliphatic carbocycles. The van der Waals surface area contributed by atoms with Gasteiger partial charge >= 0.3 is 0 Å². The SMILES string of the molecule is CCCCCC[C@]1(C)N=C(c2ccc(Cl)cc2)C[C@@H](c2ccccc2O)N1. The Labute approximate surface area is 167 Å². The second kappa shape index (κ2) is 8.90. The first-order valence-electron chi connectivity index (χ1n) is 9.91. The highest BCUT2D eigenvalue weighted by Crippen LogP contribution is 2.35. The smallest absolute Gasteiger partial charge is 0.120 e. The van der Waals surface area contributed by atoms with Crippen molar-refractivity contribution < 1.29 is 5.11 Å². The van der Waals surface area contributed by atoms with Crippen LogP contribution in [0.4, 0.5) is 0 Å². The standard InChI is InChI=1S/C23H29ClN2O/c1-3-4-5-8-15-23(2)25-20(17-11-13-18(24)14-12-17)16-21(26-23)19-9-6-7-10-22(19)27/h6-7,9-14,21,26-27H,3-5,8,15-16H2,1-2H3/t21-,23+/m0/s1. The summed E-state index contributed by atoms with van der Waals surface area (Å²) < 4.78 is 0. The van der Waals surface area contributed by atoms with Gasteiger partial charge in [-0.05, 0) is 43.5 Å². The maximum absolute atomic E-state index is 10.4. The lowest BCUT2D eigenvalue weighted by Gasteiger charge is -2.38. The summed E-state index contributed by atoms with van der Waals surface area (Å²) in [6, 6.07) is 15.5. The van der Waals surface area contributed by atoms with Crippen LogP contribution >= 0.6 is 11.6 Å². The highest BCUT2D eigenvalue weighted by Gasteiger charge is 2.33. The van der Waals surface area contributed by atoms with Crippen molar-refractivity contribution in [3.8, 4) is 5.75 Å². The third-order valence-corrected chi connectivity index (χ3v) is 5.52. The van der Waals surface area contributed by atoms with Crippen molar-refractivity contribution in [2.75, 3.05) is 0 Å². The zero-order valence-corrected chi connectivity index (χ0v) is 17.0. The van der Waals surface area contributed by atoms with E-state index < -0.39 is 0 Å². The first-order valence-corrected chi connectivity index (χ1v) is 10.3. The lowest BCUT2D eigenvalue weighted by molar-refractivity contribution is 0.277. The van der Waals surface area contributed by atoms with Gasteiger partial charge in [0.15, 0.2) is 0 Å². The average molecular weight is 385 g/mol. The fourth-order valence-corrected chi connectivity index (χ4v) is 3.94. The summed E-state index contributed by atoms with van der Waals surface area (Å²) in [5.41, 5.74) is 2.75. The van der Waals surface area contributed by atoms with Gasteiger partial charge in [0.2, 0.25) is 0 Å². The summed E-state index contributed by atoms with van der Waals surface area (Å²) in [7, 11) is 0. The molecule has 1 heterocycles. The lowest BCUT2D eigenvalue weighted by atomic mass is 9.90. The van der Waals surface area contributed by atoms with Gasteiger partial charge in [-0.25, -0.2) is 0 Å². The average Bonchev–Trinajstić information content (AvgIpc) is 2.66. The molecule has 2 aromatic carbocycles. The molecule has 2 N–H and O–H groups in total. The van der Waals surface area contributed by atoms with Crippen molar-refractivity contribution in [1.82, 2.24) is 5.32 Å². The number of para-hydroxylation sites is 1. The van der Waals surface area contributed by atoms with E-state index in [1.54, 1.807) is 6.07 Å². The van der Waals surface area contributed by atoms with E-state index in [-0.39, 0.29) is 11.7 Å². The first-order chi connectivity index (χ1) is 13.0. The summed E-state index contributed by atoms with van der Waals surface area (Å²) in [5.74, 6) is 0.334. The number of aliphatic imine (C=N–C) groups is 1. The zero-order chi connectivity index (χ0) is 19.3. The number of phenols is 1. The maximum atomic E-state index is 10.4. The van der Waals surface area contributed by atoms with E-state index in [0.717, 1.165) is 41.1 Å². The lowest BCUT2D eigenvalue weighted by Crippen LogP contribution is -2.47. The van der Waals surface area contributed by atoms with Gasteiger partial charge < -0.3 is 5.11 Å². The number of nitrogens with zero attached hydrogens (tertiary/aromatic N) is 1. The molecule has 0 unspecified atom stereocenters.